The summed E-state index contributed by atoms with van der Waals surface area (Å²) in [6.07, 6.45) is 8.13. The fourth-order valence-corrected chi connectivity index (χ4v) is 2.42. The highest BCUT2D eigenvalue weighted by molar-refractivity contribution is 5.86. The van der Waals surface area contributed by atoms with Gasteiger partial charge in [-0.05, 0) is 49.9 Å². The molecule has 5 heteroatoms. The Balaban J connectivity index is 1.74. The monoisotopic (exact) mass is 304 g/mol. The minimum absolute atomic E-state index is 0.0386. The van der Waals surface area contributed by atoms with Gasteiger partial charge in [0.1, 0.15) is 11.5 Å². The summed E-state index contributed by atoms with van der Waals surface area (Å²) >= 11 is 0. The number of hydrazone groups is 1. The van der Waals surface area contributed by atoms with E-state index in [9.17, 15) is 4.79 Å². The van der Waals surface area contributed by atoms with Gasteiger partial charge in [0.25, 0.3) is 5.91 Å². The second-order valence-electron chi connectivity index (χ2n) is 5.44. The zero-order chi connectivity index (χ0) is 15.6. The summed E-state index contributed by atoms with van der Waals surface area (Å²) in [4.78, 5) is 11.8. The molecule has 2 rings (SSSR count). The van der Waals surface area contributed by atoms with E-state index in [2.05, 4.69) is 10.5 Å². The summed E-state index contributed by atoms with van der Waals surface area (Å²) in [5, 5.41) is 4.24. The molecule has 1 aromatic carbocycles. The van der Waals surface area contributed by atoms with Gasteiger partial charge in [-0.2, -0.15) is 5.10 Å². The van der Waals surface area contributed by atoms with Gasteiger partial charge in [-0.3, -0.25) is 4.79 Å². The molecule has 0 unspecified atom stereocenters. The predicted molar refractivity (Wildman–Crippen MR) is 86.4 cm³/mol. The lowest BCUT2D eigenvalue weighted by molar-refractivity contribution is -0.123. The number of amides is 1. The SMILES string of the molecule is COc1ccc(OCC(=O)NN=C2CCCCCCC2)cc1. The van der Waals surface area contributed by atoms with Crippen LogP contribution in [0, 0.1) is 0 Å². The molecule has 0 saturated heterocycles. The fourth-order valence-electron chi connectivity index (χ4n) is 2.42. The van der Waals surface area contributed by atoms with Gasteiger partial charge in [-0.25, -0.2) is 5.43 Å². The highest BCUT2D eigenvalue weighted by Crippen LogP contribution is 2.17. The molecule has 1 aliphatic rings. The number of carbonyl (C=O) groups is 1. The number of nitrogens with one attached hydrogen (secondary N) is 1. The summed E-state index contributed by atoms with van der Waals surface area (Å²) < 4.78 is 10.5. The molecule has 1 saturated carbocycles. The van der Waals surface area contributed by atoms with Crippen molar-refractivity contribution in [1.82, 2.24) is 5.43 Å². The third-order valence-electron chi connectivity index (χ3n) is 3.70. The zero-order valence-corrected chi connectivity index (χ0v) is 13.1. The van der Waals surface area contributed by atoms with Crippen molar-refractivity contribution in [2.45, 2.75) is 44.9 Å². The van der Waals surface area contributed by atoms with Crippen LogP contribution in [0.25, 0.3) is 0 Å². The number of hydrogen-bond donors (Lipinski definition) is 1. The quantitative estimate of drug-likeness (QED) is 0.849. The molecule has 0 bridgehead atoms. The molecule has 0 aliphatic heterocycles. The van der Waals surface area contributed by atoms with Crippen molar-refractivity contribution < 1.29 is 14.3 Å². The average molecular weight is 304 g/mol. The van der Waals surface area contributed by atoms with Crippen LogP contribution >= 0.6 is 0 Å². The Labute approximate surface area is 131 Å². The Morgan fingerprint density at radius 2 is 1.64 bits per heavy atom. The fraction of sp³-hybridized carbons (Fsp3) is 0.529. The first-order chi connectivity index (χ1) is 10.8. The second kappa shape index (κ2) is 9.07. The molecule has 1 aliphatic carbocycles. The Kier molecular flexibility index (Phi) is 6.74. The smallest absolute Gasteiger partial charge is 0.277 e. The van der Waals surface area contributed by atoms with Crippen molar-refractivity contribution in [1.29, 1.82) is 0 Å². The third kappa shape index (κ3) is 5.76. The maximum absolute atomic E-state index is 11.8. The maximum atomic E-state index is 11.8. The van der Waals surface area contributed by atoms with Crippen molar-refractivity contribution in [2.24, 2.45) is 5.10 Å². The summed E-state index contributed by atoms with van der Waals surface area (Å²) in [5.41, 5.74) is 3.69. The van der Waals surface area contributed by atoms with E-state index < -0.39 is 0 Å². The van der Waals surface area contributed by atoms with Gasteiger partial charge in [-0.1, -0.05) is 19.3 Å². The topological polar surface area (TPSA) is 59.9 Å². The molecule has 1 amide bonds. The summed E-state index contributed by atoms with van der Waals surface area (Å²) in [6.45, 7) is -0.0386. The molecule has 0 radical (unpaired) electrons. The molecule has 5 nitrogen and oxygen atoms in total. The normalized spacial score (nSPS) is 15.4. The van der Waals surface area contributed by atoms with Crippen LogP contribution in [0.15, 0.2) is 29.4 Å². The van der Waals surface area contributed by atoms with Gasteiger partial charge in [0.2, 0.25) is 0 Å². The van der Waals surface area contributed by atoms with E-state index in [0.29, 0.717) is 5.75 Å². The van der Waals surface area contributed by atoms with Crippen LogP contribution in [-0.2, 0) is 4.79 Å². The Hall–Kier alpha value is -2.04. The number of ether oxygens (including phenoxy) is 2. The van der Waals surface area contributed by atoms with Gasteiger partial charge in [0, 0.05) is 5.71 Å². The first kappa shape index (κ1) is 16.3. The average Bonchev–Trinajstić information content (AvgIpc) is 2.52. The lowest BCUT2D eigenvalue weighted by Crippen LogP contribution is -2.26. The van der Waals surface area contributed by atoms with E-state index in [-0.39, 0.29) is 12.5 Å². The van der Waals surface area contributed by atoms with Gasteiger partial charge in [0.15, 0.2) is 6.61 Å². The predicted octanol–water partition coefficient (Wildman–Crippen LogP) is 3.29. The highest BCUT2D eigenvalue weighted by atomic mass is 16.5. The number of rotatable bonds is 5. The Morgan fingerprint density at radius 1 is 1.05 bits per heavy atom. The largest absolute Gasteiger partial charge is 0.497 e. The Bertz CT molecular complexity index is 487. The molecule has 0 spiro atoms. The number of nitrogens with zero attached hydrogens (tertiary/aromatic N) is 1. The van der Waals surface area contributed by atoms with Gasteiger partial charge in [0.05, 0.1) is 7.11 Å². The van der Waals surface area contributed by atoms with Crippen LogP contribution in [0.2, 0.25) is 0 Å². The molecule has 22 heavy (non-hydrogen) atoms. The molecule has 1 aromatic rings. The lowest BCUT2D eigenvalue weighted by atomic mass is 9.99. The first-order valence-electron chi connectivity index (χ1n) is 7.89. The van der Waals surface area contributed by atoms with E-state index in [1.165, 1.54) is 19.3 Å². The number of methoxy groups -OCH3 is 1. The molecule has 120 valence electrons. The maximum Gasteiger partial charge on any atom is 0.277 e. The summed E-state index contributed by atoms with van der Waals surface area (Å²) in [7, 11) is 1.61. The van der Waals surface area contributed by atoms with Gasteiger partial charge in [-0.15, -0.1) is 0 Å². The van der Waals surface area contributed by atoms with Crippen molar-refractivity contribution >= 4 is 11.6 Å². The van der Waals surface area contributed by atoms with Gasteiger partial charge >= 0.3 is 0 Å². The van der Waals surface area contributed by atoms with Crippen molar-refractivity contribution in [3.05, 3.63) is 24.3 Å². The summed E-state index contributed by atoms with van der Waals surface area (Å²) in [5.74, 6) is 1.16. The van der Waals surface area contributed by atoms with Crippen molar-refractivity contribution in [2.75, 3.05) is 13.7 Å². The molecular weight excluding hydrogens is 280 g/mol. The van der Waals surface area contributed by atoms with Crippen LogP contribution in [0.1, 0.15) is 44.9 Å². The lowest BCUT2D eigenvalue weighted by Gasteiger charge is -2.11. The minimum atomic E-state index is -0.231. The van der Waals surface area contributed by atoms with Crippen molar-refractivity contribution in [3.63, 3.8) is 0 Å². The third-order valence-corrected chi connectivity index (χ3v) is 3.70. The standard InChI is InChI=1S/C17H24N2O3/c1-21-15-9-11-16(12-10-15)22-13-17(20)19-18-14-7-5-3-2-4-6-8-14/h9-12H,2-8,13H2,1H3,(H,19,20). The van der Waals surface area contributed by atoms with E-state index in [1.807, 2.05) is 0 Å². The Morgan fingerprint density at radius 3 is 2.27 bits per heavy atom. The van der Waals surface area contributed by atoms with E-state index in [1.54, 1.807) is 31.4 Å². The molecule has 0 atom stereocenters. The number of benzene rings is 1. The number of carbonyl (C=O) groups excluding carboxylic acids is 1. The zero-order valence-electron chi connectivity index (χ0n) is 13.1. The second-order valence-corrected chi connectivity index (χ2v) is 5.44. The van der Waals surface area contributed by atoms with Crippen LogP contribution in [0.5, 0.6) is 11.5 Å². The van der Waals surface area contributed by atoms with E-state index in [0.717, 1.165) is 37.1 Å². The van der Waals surface area contributed by atoms with E-state index >= 15 is 0 Å². The van der Waals surface area contributed by atoms with Crippen molar-refractivity contribution in [3.8, 4) is 11.5 Å². The van der Waals surface area contributed by atoms with Crippen LogP contribution in [0.4, 0.5) is 0 Å². The minimum Gasteiger partial charge on any atom is -0.497 e. The van der Waals surface area contributed by atoms with Gasteiger partial charge < -0.3 is 9.47 Å². The van der Waals surface area contributed by atoms with E-state index in [4.69, 9.17) is 9.47 Å². The summed E-state index contributed by atoms with van der Waals surface area (Å²) in [6, 6.07) is 7.13. The molecule has 0 aromatic heterocycles. The molecule has 1 fully saturated rings. The molecule has 1 N–H and O–H groups in total. The molecule has 0 heterocycles. The van der Waals surface area contributed by atoms with Crippen LogP contribution in [0.3, 0.4) is 0 Å². The molecular formula is C17H24N2O3. The first-order valence-corrected chi connectivity index (χ1v) is 7.89. The highest BCUT2D eigenvalue weighted by Gasteiger charge is 2.07. The van der Waals surface area contributed by atoms with Crippen LogP contribution < -0.4 is 14.9 Å². The van der Waals surface area contributed by atoms with Crippen LogP contribution in [-0.4, -0.2) is 25.3 Å². The number of hydrogen-bond acceptors (Lipinski definition) is 4.